The summed E-state index contributed by atoms with van der Waals surface area (Å²) < 4.78 is 2.16. The van der Waals surface area contributed by atoms with Crippen LogP contribution in [-0.4, -0.2) is 14.8 Å². The van der Waals surface area contributed by atoms with Crippen molar-refractivity contribution in [3.8, 4) is 5.69 Å². The number of benzene rings is 1. The zero-order chi connectivity index (χ0) is 10.1. The molecule has 1 heterocycles. The maximum Gasteiger partial charge on any atom is 0.347 e. The highest BCUT2D eigenvalue weighted by Crippen LogP contribution is 2.24. The average Bonchev–Trinajstić information content (AvgIpc) is 2.57. The summed E-state index contributed by atoms with van der Waals surface area (Å²) in [4.78, 5) is 11.2. The van der Waals surface area contributed by atoms with E-state index in [1.54, 1.807) is 18.2 Å². The topological polar surface area (TPSA) is 50.7 Å². The number of hydrogen-bond acceptors (Lipinski definition) is 2. The van der Waals surface area contributed by atoms with Crippen molar-refractivity contribution < 1.29 is 0 Å². The Morgan fingerprint density at radius 3 is 2.86 bits per heavy atom. The second kappa shape index (κ2) is 3.59. The van der Waals surface area contributed by atoms with Crippen molar-refractivity contribution in [3.05, 3.63) is 44.5 Å². The molecule has 0 aliphatic rings. The van der Waals surface area contributed by atoms with E-state index in [0.29, 0.717) is 10.7 Å². The molecule has 1 aromatic carbocycles. The third-order valence-corrected chi connectivity index (χ3v) is 2.97. The number of hydrogen-bond donors (Lipinski definition) is 1. The molecule has 1 N–H and O–H groups in total. The van der Waals surface area contributed by atoms with Gasteiger partial charge >= 0.3 is 5.69 Å². The Kier molecular flexibility index (Phi) is 2.43. The SMILES string of the molecule is O=c1[nH]ncn1-c1ccc(Br)c(Cl)c1. The van der Waals surface area contributed by atoms with Gasteiger partial charge in [0, 0.05) is 4.47 Å². The van der Waals surface area contributed by atoms with Crippen LogP contribution in [0.4, 0.5) is 0 Å². The summed E-state index contributed by atoms with van der Waals surface area (Å²) >= 11 is 9.16. The largest absolute Gasteiger partial charge is 0.347 e. The normalized spacial score (nSPS) is 10.4. The second-order valence-corrected chi connectivity index (χ2v) is 3.89. The molecular weight excluding hydrogens is 269 g/mol. The van der Waals surface area contributed by atoms with Crippen LogP contribution in [0.2, 0.25) is 5.02 Å². The first-order valence-electron chi connectivity index (χ1n) is 3.76. The molecule has 72 valence electrons. The molecule has 1 aromatic heterocycles. The van der Waals surface area contributed by atoms with Gasteiger partial charge in [-0.1, -0.05) is 11.6 Å². The third kappa shape index (κ3) is 1.60. The molecule has 2 rings (SSSR count). The Balaban J connectivity index is 2.59. The van der Waals surface area contributed by atoms with E-state index in [1.165, 1.54) is 10.9 Å². The maximum atomic E-state index is 11.2. The maximum absolute atomic E-state index is 11.2. The highest BCUT2D eigenvalue weighted by molar-refractivity contribution is 9.10. The van der Waals surface area contributed by atoms with Crippen molar-refractivity contribution in [3.63, 3.8) is 0 Å². The predicted molar refractivity (Wildman–Crippen MR) is 56.9 cm³/mol. The molecule has 0 aliphatic heterocycles. The standard InChI is InChI=1S/C8H5BrClN3O/c9-6-2-1-5(3-7(6)10)13-4-11-12-8(13)14/h1-4H,(H,12,14). The Morgan fingerprint density at radius 1 is 1.50 bits per heavy atom. The molecule has 0 saturated heterocycles. The van der Waals surface area contributed by atoms with Crippen LogP contribution in [0, 0.1) is 0 Å². The number of aromatic amines is 1. The highest BCUT2D eigenvalue weighted by Gasteiger charge is 2.03. The summed E-state index contributed by atoms with van der Waals surface area (Å²) in [5, 5.41) is 6.48. The van der Waals surface area contributed by atoms with Crippen LogP contribution < -0.4 is 5.69 Å². The van der Waals surface area contributed by atoms with Crippen molar-refractivity contribution >= 4 is 27.5 Å². The fourth-order valence-corrected chi connectivity index (χ4v) is 1.49. The van der Waals surface area contributed by atoms with Crippen molar-refractivity contribution in [1.29, 1.82) is 0 Å². The van der Waals surface area contributed by atoms with Gasteiger partial charge in [0.1, 0.15) is 6.33 Å². The summed E-state index contributed by atoms with van der Waals surface area (Å²) in [5.74, 6) is 0. The van der Waals surface area contributed by atoms with Crippen LogP contribution >= 0.6 is 27.5 Å². The summed E-state index contributed by atoms with van der Waals surface area (Å²) in [5.41, 5.74) is 0.389. The van der Waals surface area contributed by atoms with Gasteiger partial charge in [-0.05, 0) is 34.1 Å². The quantitative estimate of drug-likeness (QED) is 0.864. The van der Waals surface area contributed by atoms with Crippen molar-refractivity contribution in [2.75, 3.05) is 0 Å². The van der Waals surface area contributed by atoms with Crippen LogP contribution in [0.1, 0.15) is 0 Å². The summed E-state index contributed by atoms with van der Waals surface area (Å²) in [6.45, 7) is 0. The number of nitrogens with one attached hydrogen (secondary N) is 1. The van der Waals surface area contributed by atoms with E-state index in [9.17, 15) is 4.79 Å². The van der Waals surface area contributed by atoms with Gasteiger partial charge in [-0.2, -0.15) is 5.10 Å². The first kappa shape index (κ1) is 9.48. The molecule has 0 atom stereocenters. The lowest BCUT2D eigenvalue weighted by molar-refractivity contribution is 0.982. The van der Waals surface area contributed by atoms with Gasteiger partial charge in [-0.3, -0.25) is 0 Å². The zero-order valence-corrected chi connectivity index (χ0v) is 9.21. The molecule has 0 bridgehead atoms. The van der Waals surface area contributed by atoms with E-state index < -0.39 is 0 Å². The van der Waals surface area contributed by atoms with Gasteiger partial charge in [0.25, 0.3) is 0 Å². The molecular formula is C8H5BrClN3O. The number of halogens is 2. The molecule has 0 fully saturated rings. The van der Waals surface area contributed by atoms with Gasteiger partial charge in [-0.25, -0.2) is 14.5 Å². The van der Waals surface area contributed by atoms with E-state index in [2.05, 4.69) is 26.1 Å². The molecule has 0 radical (unpaired) electrons. The minimum absolute atomic E-state index is 0.289. The first-order valence-corrected chi connectivity index (χ1v) is 4.93. The lowest BCUT2D eigenvalue weighted by atomic mass is 10.3. The molecule has 2 aromatic rings. The minimum Gasteiger partial charge on any atom is -0.250 e. The van der Waals surface area contributed by atoms with Gasteiger partial charge in [0.2, 0.25) is 0 Å². The average molecular weight is 275 g/mol. The Morgan fingerprint density at radius 2 is 2.29 bits per heavy atom. The molecule has 0 amide bonds. The number of nitrogens with zero attached hydrogens (tertiary/aromatic N) is 2. The Bertz CT molecular complexity index is 519. The van der Waals surface area contributed by atoms with E-state index >= 15 is 0 Å². The van der Waals surface area contributed by atoms with Crippen LogP contribution in [0.25, 0.3) is 5.69 Å². The number of rotatable bonds is 1. The van der Waals surface area contributed by atoms with Crippen LogP contribution in [-0.2, 0) is 0 Å². The second-order valence-electron chi connectivity index (χ2n) is 2.63. The predicted octanol–water partition coefficient (Wildman–Crippen LogP) is 1.98. The molecule has 14 heavy (non-hydrogen) atoms. The zero-order valence-electron chi connectivity index (χ0n) is 6.87. The third-order valence-electron chi connectivity index (χ3n) is 1.73. The highest BCUT2D eigenvalue weighted by atomic mass is 79.9. The van der Waals surface area contributed by atoms with E-state index in [1.807, 2.05) is 0 Å². The molecule has 0 aliphatic carbocycles. The Hall–Kier alpha value is -1.07. The smallest absolute Gasteiger partial charge is 0.250 e. The fraction of sp³-hybridized carbons (Fsp3) is 0. The lowest BCUT2D eigenvalue weighted by Crippen LogP contribution is -2.13. The van der Waals surface area contributed by atoms with E-state index in [0.717, 1.165) is 4.47 Å². The van der Waals surface area contributed by atoms with Crippen LogP contribution in [0.15, 0.2) is 33.8 Å². The summed E-state index contributed by atoms with van der Waals surface area (Å²) in [7, 11) is 0. The molecule has 6 heteroatoms. The first-order chi connectivity index (χ1) is 6.68. The monoisotopic (exact) mass is 273 g/mol. The molecule has 0 saturated carbocycles. The summed E-state index contributed by atoms with van der Waals surface area (Å²) in [6.07, 6.45) is 1.40. The van der Waals surface area contributed by atoms with Gasteiger partial charge in [0.15, 0.2) is 0 Å². The molecule has 0 unspecified atom stereocenters. The van der Waals surface area contributed by atoms with E-state index in [-0.39, 0.29) is 5.69 Å². The number of H-pyrrole nitrogens is 1. The Labute approximate surface area is 92.6 Å². The molecule has 4 nitrogen and oxygen atoms in total. The van der Waals surface area contributed by atoms with Gasteiger partial charge in [0.05, 0.1) is 10.7 Å². The number of aromatic nitrogens is 3. The molecule has 0 spiro atoms. The minimum atomic E-state index is -0.289. The van der Waals surface area contributed by atoms with Gasteiger partial charge < -0.3 is 0 Å². The lowest BCUT2D eigenvalue weighted by Gasteiger charge is -2.01. The van der Waals surface area contributed by atoms with Crippen molar-refractivity contribution in [1.82, 2.24) is 14.8 Å². The fourth-order valence-electron chi connectivity index (χ4n) is 1.07. The van der Waals surface area contributed by atoms with Crippen molar-refractivity contribution in [2.24, 2.45) is 0 Å². The van der Waals surface area contributed by atoms with Gasteiger partial charge in [-0.15, -0.1) is 0 Å². The van der Waals surface area contributed by atoms with Crippen LogP contribution in [0.3, 0.4) is 0 Å². The van der Waals surface area contributed by atoms with E-state index in [4.69, 9.17) is 11.6 Å². The van der Waals surface area contributed by atoms with Crippen molar-refractivity contribution in [2.45, 2.75) is 0 Å². The summed E-state index contributed by atoms with van der Waals surface area (Å²) in [6, 6.07) is 5.23. The van der Waals surface area contributed by atoms with Crippen LogP contribution in [0.5, 0.6) is 0 Å².